The second-order valence-electron chi connectivity index (χ2n) is 7.87. The van der Waals surface area contributed by atoms with Gasteiger partial charge in [-0.1, -0.05) is 35.6 Å². The molecule has 3 aromatic rings. The van der Waals surface area contributed by atoms with Crippen LogP contribution in [0, 0.1) is 27.7 Å². The van der Waals surface area contributed by atoms with E-state index >= 15 is 0 Å². The number of thiazole rings is 1. The van der Waals surface area contributed by atoms with E-state index in [4.69, 9.17) is 4.98 Å². The first-order valence-corrected chi connectivity index (χ1v) is 10.5. The van der Waals surface area contributed by atoms with Gasteiger partial charge in [-0.25, -0.2) is 4.98 Å². The molecule has 0 N–H and O–H groups in total. The number of likely N-dealkylation sites (N-methyl/N-ethyl adjacent to an activating group) is 1. The molecular weight excluding hydrogens is 402 g/mol. The number of hydrogen-bond donors (Lipinski definition) is 0. The molecular formula is C23H30ClN3OS. The van der Waals surface area contributed by atoms with Gasteiger partial charge in [0.05, 0.1) is 16.6 Å². The molecule has 0 atom stereocenters. The van der Waals surface area contributed by atoms with Crippen molar-refractivity contribution in [2.45, 2.75) is 34.1 Å². The van der Waals surface area contributed by atoms with Gasteiger partial charge < -0.3 is 4.90 Å². The summed E-state index contributed by atoms with van der Waals surface area (Å²) < 4.78 is 1.14. The van der Waals surface area contributed by atoms with Crippen molar-refractivity contribution in [1.82, 2.24) is 9.88 Å². The minimum absolute atomic E-state index is 0. The molecule has 0 bridgehead atoms. The number of benzene rings is 2. The first-order chi connectivity index (χ1) is 13.2. The Labute approximate surface area is 184 Å². The van der Waals surface area contributed by atoms with Gasteiger partial charge in [0.15, 0.2) is 5.13 Å². The second kappa shape index (κ2) is 9.70. The summed E-state index contributed by atoms with van der Waals surface area (Å²) >= 11 is 1.61. The van der Waals surface area contributed by atoms with Crippen molar-refractivity contribution in [3.05, 3.63) is 58.1 Å². The lowest BCUT2D eigenvalue weighted by molar-refractivity contribution is -0.118. The van der Waals surface area contributed by atoms with E-state index in [2.05, 4.69) is 62.9 Å². The molecule has 0 unspecified atom stereocenters. The highest BCUT2D eigenvalue weighted by Crippen LogP contribution is 2.32. The number of hydrogen-bond acceptors (Lipinski definition) is 4. The van der Waals surface area contributed by atoms with Gasteiger partial charge in [0.1, 0.15) is 0 Å². The number of halogens is 1. The normalized spacial score (nSPS) is 11.0. The van der Waals surface area contributed by atoms with E-state index in [1.807, 2.05) is 19.0 Å². The van der Waals surface area contributed by atoms with Crippen LogP contribution in [-0.4, -0.2) is 43.0 Å². The fourth-order valence-corrected chi connectivity index (χ4v) is 4.47. The average Bonchev–Trinajstić information content (AvgIpc) is 3.02. The lowest BCUT2D eigenvalue weighted by Crippen LogP contribution is -2.37. The van der Waals surface area contributed by atoms with Gasteiger partial charge in [-0.15, -0.1) is 12.4 Å². The van der Waals surface area contributed by atoms with Crippen LogP contribution in [0.3, 0.4) is 0 Å². The Balaban J connectivity index is 0.00000300. The maximum atomic E-state index is 13.2. The third-order valence-corrected chi connectivity index (χ3v) is 6.07. The minimum atomic E-state index is 0. The molecule has 1 aromatic heterocycles. The zero-order valence-corrected chi connectivity index (χ0v) is 19.7. The molecule has 1 heterocycles. The summed E-state index contributed by atoms with van der Waals surface area (Å²) in [6, 6.07) is 10.6. The number of nitrogens with zero attached hydrogens (tertiary/aromatic N) is 3. The van der Waals surface area contributed by atoms with Crippen LogP contribution in [-0.2, 0) is 11.2 Å². The fraction of sp³-hybridized carbons (Fsp3) is 0.391. The summed E-state index contributed by atoms with van der Waals surface area (Å²) in [7, 11) is 4.05. The van der Waals surface area contributed by atoms with Crippen molar-refractivity contribution in [3.8, 4) is 0 Å². The molecule has 3 rings (SSSR count). The Morgan fingerprint density at radius 2 is 1.69 bits per heavy atom. The molecule has 0 saturated heterocycles. The topological polar surface area (TPSA) is 36.4 Å². The van der Waals surface area contributed by atoms with E-state index in [0.717, 1.165) is 33.0 Å². The highest BCUT2D eigenvalue weighted by molar-refractivity contribution is 7.22. The Morgan fingerprint density at radius 1 is 0.966 bits per heavy atom. The van der Waals surface area contributed by atoms with Crippen molar-refractivity contribution < 1.29 is 4.79 Å². The van der Waals surface area contributed by atoms with Gasteiger partial charge in [0.2, 0.25) is 5.91 Å². The lowest BCUT2D eigenvalue weighted by Gasteiger charge is -2.22. The number of carbonyl (C=O) groups is 1. The SMILES string of the molecule is Cc1cc(C)c2nc(N(CCN(C)C)C(=O)Cc3ccc(C)c(C)c3)sc2c1.Cl. The Morgan fingerprint density at radius 3 is 2.34 bits per heavy atom. The molecule has 1 amide bonds. The maximum Gasteiger partial charge on any atom is 0.233 e. The molecule has 0 saturated carbocycles. The summed E-state index contributed by atoms with van der Waals surface area (Å²) in [6.45, 7) is 9.79. The van der Waals surface area contributed by atoms with E-state index in [9.17, 15) is 4.79 Å². The van der Waals surface area contributed by atoms with E-state index < -0.39 is 0 Å². The van der Waals surface area contributed by atoms with Gasteiger partial charge in [0, 0.05) is 13.1 Å². The molecule has 29 heavy (non-hydrogen) atoms. The number of carbonyl (C=O) groups excluding carboxylic acids is 1. The predicted octanol–water partition coefficient (Wildman–Crippen LogP) is 5.09. The zero-order chi connectivity index (χ0) is 20.4. The first-order valence-electron chi connectivity index (χ1n) is 9.63. The van der Waals surface area contributed by atoms with E-state index in [1.54, 1.807) is 11.3 Å². The molecule has 2 aromatic carbocycles. The van der Waals surface area contributed by atoms with Crippen LogP contribution in [0.25, 0.3) is 10.2 Å². The second-order valence-corrected chi connectivity index (χ2v) is 8.88. The van der Waals surface area contributed by atoms with Crippen molar-refractivity contribution in [2.75, 3.05) is 32.1 Å². The van der Waals surface area contributed by atoms with Crippen molar-refractivity contribution >= 4 is 45.0 Å². The van der Waals surface area contributed by atoms with Gasteiger partial charge in [-0.2, -0.15) is 0 Å². The molecule has 0 spiro atoms. The lowest BCUT2D eigenvalue weighted by atomic mass is 10.0. The van der Waals surface area contributed by atoms with Gasteiger partial charge >= 0.3 is 0 Å². The van der Waals surface area contributed by atoms with Crippen molar-refractivity contribution in [3.63, 3.8) is 0 Å². The molecule has 156 valence electrons. The van der Waals surface area contributed by atoms with E-state index in [0.29, 0.717) is 13.0 Å². The number of anilines is 1. The summed E-state index contributed by atoms with van der Waals surface area (Å²) in [5.41, 5.74) is 6.90. The molecule has 4 nitrogen and oxygen atoms in total. The summed E-state index contributed by atoms with van der Waals surface area (Å²) in [6.07, 6.45) is 0.391. The molecule has 0 fully saturated rings. The molecule has 0 aliphatic heterocycles. The maximum absolute atomic E-state index is 13.2. The third kappa shape index (κ3) is 5.56. The average molecular weight is 432 g/mol. The number of aromatic nitrogens is 1. The summed E-state index contributed by atoms with van der Waals surface area (Å²) in [4.78, 5) is 22.0. The van der Waals surface area contributed by atoms with Crippen LogP contribution in [0.2, 0.25) is 0 Å². The largest absolute Gasteiger partial charge is 0.308 e. The summed E-state index contributed by atoms with van der Waals surface area (Å²) in [5, 5.41) is 0.791. The van der Waals surface area contributed by atoms with Crippen LogP contribution in [0.5, 0.6) is 0 Å². The van der Waals surface area contributed by atoms with Crippen LogP contribution in [0.15, 0.2) is 30.3 Å². The monoisotopic (exact) mass is 431 g/mol. The Bertz CT molecular complexity index is 1010. The molecule has 0 aliphatic rings. The Kier molecular flexibility index (Phi) is 7.80. The van der Waals surface area contributed by atoms with Crippen molar-refractivity contribution in [2.24, 2.45) is 0 Å². The molecule has 6 heteroatoms. The molecule has 0 aliphatic carbocycles. The number of aryl methyl sites for hydroxylation is 4. The predicted molar refractivity (Wildman–Crippen MR) is 127 cm³/mol. The number of rotatable bonds is 6. The van der Waals surface area contributed by atoms with Crippen LogP contribution >= 0.6 is 23.7 Å². The van der Waals surface area contributed by atoms with Gasteiger partial charge in [-0.3, -0.25) is 9.69 Å². The van der Waals surface area contributed by atoms with Gasteiger partial charge in [-0.05, 0) is 75.7 Å². The van der Waals surface area contributed by atoms with E-state index in [1.165, 1.54) is 16.7 Å². The Hall–Kier alpha value is -1.95. The molecule has 0 radical (unpaired) electrons. The third-order valence-electron chi connectivity index (χ3n) is 5.05. The highest BCUT2D eigenvalue weighted by Gasteiger charge is 2.21. The van der Waals surface area contributed by atoms with Crippen LogP contribution in [0.1, 0.15) is 27.8 Å². The highest BCUT2D eigenvalue weighted by atomic mass is 35.5. The van der Waals surface area contributed by atoms with Crippen molar-refractivity contribution in [1.29, 1.82) is 0 Å². The minimum Gasteiger partial charge on any atom is -0.308 e. The summed E-state index contributed by atoms with van der Waals surface area (Å²) in [5.74, 6) is 0.0959. The number of amides is 1. The van der Waals surface area contributed by atoms with Crippen LogP contribution < -0.4 is 4.90 Å². The smallest absolute Gasteiger partial charge is 0.233 e. The number of fused-ring (bicyclic) bond motifs is 1. The fourth-order valence-electron chi connectivity index (χ4n) is 3.28. The first kappa shape index (κ1) is 23.3. The van der Waals surface area contributed by atoms with Crippen LogP contribution in [0.4, 0.5) is 5.13 Å². The van der Waals surface area contributed by atoms with E-state index in [-0.39, 0.29) is 18.3 Å². The standard InChI is InChI=1S/C23H29N3OS.ClH/c1-15-11-18(4)22-20(12-15)28-23(24-22)26(10-9-25(5)6)21(27)14-19-8-7-16(2)17(3)13-19;/h7-8,11-13H,9-10,14H2,1-6H3;1H. The quantitative estimate of drug-likeness (QED) is 0.545. The van der Waals surface area contributed by atoms with Gasteiger partial charge in [0.25, 0.3) is 0 Å². The zero-order valence-electron chi connectivity index (χ0n) is 18.1.